The van der Waals surface area contributed by atoms with Gasteiger partial charge in [-0.1, -0.05) is 181 Å². The summed E-state index contributed by atoms with van der Waals surface area (Å²) in [5, 5.41) is 52.9. The second-order valence-electron chi connectivity index (χ2n) is 38.5. The largest absolute Gasteiger partial charge is 0.586 e. The highest BCUT2D eigenvalue weighted by Gasteiger charge is 2.56. The minimum atomic E-state index is -3.76. The third-order valence-corrected chi connectivity index (χ3v) is 26.6. The van der Waals surface area contributed by atoms with Crippen LogP contribution in [0.1, 0.15) is 147 Å². The number of fused-ring (bicyclic) bond motifs is 6. The number of nitrogens with zero attached hydrogens (tertiary/aromatic N) is 3. The number of hydrogen-bond acceptors (Lipinski definition) is 19. The zero-order valence-electron chi connectivity index (χ0n) is 79.1. The van der Waals surface area contributed by atoms with Crippen molar-refractivity contribution in [2.45, 2.75) is 209 Å². The summed E-state index contributed by atoms with van der Waals surface area (Å²) < 4.78 is 181. The van der Waals surface area contributed by atoms with Crippen LogP contribution in [-0.2, 0) is 125 Å². The maximum Gasteiger partial charge on any atom is 0.586 e. The molecule has 3 aliphatic carbocycles. The van der Waals surface area contributed by atoms with Gasteiger partial charge in [0.2, 0.25) is 5.24 Å². The number of anilines is 1. The van der Waals surface area contributed by atoms with Crippen LogP contribution in [0, 0.1) is 17.5 Å². The Hall–Kier alpha value is -12.0. The van der Waals surface area contributed by atoms with E-state index >= 15 is 8.78 Å². The fourth-order valence-corrected chi connectivity index (χ4v) is 18.5. The molecule has 3 saturated carbocycles. The minimum Gasteiger partial charge on any atom is -0.396 e. The highest BCUT2D eigenvalue weighted by Crippen LogP contribution is 2.57. The van der Waals surface area contributed by atoms with Gasteiger partial charge >= 0.3 is 18.9 Å². The van der Waals surface area contributed by atoms with Gasteiger partial charge in [-0.15, -0.1) is 37.9 Å². The molecule has 0 unspecified atom stereocenters. The lowest BCUT2D eigenvalue weighted by molar-refractivity contribution is -0.287. The number of nitrogens with two attached hydrogens (primary N) is 1. The molecule has 19 rings (SSSR count). The molecule has 6 aliphatic rings. The van der Waals surface area contributed by atoms with Gasteiger partial charge in [-0.25, -0.2) is 13.2 Å². The first-order valence-electron chi connectivity index (χ1n) is 46.4. The Morgan fingerprint density at radius 1 is 0.387 bits per heavy atom. The molecular formula is C109H111Cl2F9N4O18. The van der Waals surface area contributed by atoms with Gasteiger partial charge in [0.25, 0.3) is 0 Å². The van der Waals surface area contributed by atoms with Crippen molar-refractivity contribution < 1.29 is 127 Å². The number of rotatable bonds is 37. The highest BCUT2D eigenvalue weighted by atomic mass is 35.5. The second-order valence-corrected chi connectivity index (χ2v) is 38.8. The van der Waals surface area contributed by atoms with Gasteiger partial charge in [-0.05, 0) is 185 Å². The van der Waals surface area contributed by atoms with Crippen molar-refractivity contribution in [3.63, 3.8) is 0 Å². The third kappa shape index (κ3) is 24.1. The molecule has 3 fully saturated rings. The zero-order valence-corrected chi connectivity index (χ0v) is 80.7. The molecule has 22 nitrogen and oxygen atoms in total. The number of aliphatic hydroxyl groups is 5. The SMILES string of the molecule is CC(C)(CO)c1cc2cc(CC(=O)C3(c4ccc5c(c4)OC(F)(F)O5)CC3)c(F)cc2n1C[C@@H](O)CO.CC(C)(COCc1ccccc1)c1cc2cc(CC(=O)C3(c4ccc5c(c4)OC(F)(F)O5)CC3)c(F)cc2n1C[C@@H](O)COCc1ccccc1.CC(C)(COCc1ccccc1)c1cc2cc(N)c(F)cc2n1C[C@@H](O)COCc1ccccc1.CCl.O=C(Cl)C1(c2ccc3c(c2)OC(F)(F)O3)CC1. The number of aliphatic hydroxyl groups excluding tert-OH is 5. The fourth-order valence-electron chi connectivity index (χ4n) is 18.2. The number of ketones is 2. The number of carbonyl (C=O) groups excluding carboxylic acids is 3. The number of aromatic nitrogens is 3. The molecule has 0 bridgehead atoms. The summed E-state index contributed by atoms with van der Waals surface area (Å²) >= 11 is 10.2. The van der Waals surface area contributed by atoms with Crippen molar-refractivity contribution in [3.8, 4) is 34.5 Å². The first-order chi connectivity index (χ1) is 67.6. The van der Waals surface area contributed by atoms with E-state index in [0.717, 1.165) is 44.4 Å². The normalized spacial score (nSPS) is 16.5. The van der Waals surface area contributed by atoms with Gasteiger partial charge in [0.15, 0.2) is 34.5 Å². The molecule has 3 aliphatic heterocycles. The third-order valence-electron chi connectivity index (χ3n) is 26.3. The summed E-state index contributed by atoms with van der Waals surface area (Å²) in [5.41, 5.74) is 12.2. The Morgan fingerprint density at radius 3 is 1.00 bits per heavy atom. The summed E-state index contributed by atoms with van der Waals surface area (Å²) in [6.45, 7) is 14.4. The Morgan fingerprint density at radius 2 is 0.683 bits per heavy atom. The van der Waals surface area contributed by atoms with E-state index in [-0.39, 0.29) is 115 Å². The molecule has 3 atom stereocenters. The zero-order chi connectivity index (χ0) is 102. The van der Waals surface area contributed by atoms with E-state index in [2.05, 4.69) is 53.9 Å². The summed E-state index contributed by atoms with van der Waals surface area (Å²) in [4.78, 5) is 38.5. The van der Waals surface area contributed by atoms with Gasteiger partial charge in [0, 0.05) is 74.8 Å². The quantitative estimate of drug-likeness (QED) is 0.00913. The van der Waals surface area contributed by atoms with E-state index in [9.17, 15) is 70.6 Å². The van der Waals surface area contributed by atoms with Crippen molar-refractivity contribution in [1.29, 1.82) is 0 Å². The van der Waals surface area contributed by atoms with Crippen LogP contribution in [0.3, 0.4) is 0 Å². The molecule has 752 valence electrons. The molecule has 3 aromatic heterocycles. The number of carbonyl (C=O) groups is 3. The topological polar surface area (TPSA) is 285 Å². The van der Waals surface area contributed by atoms with Crippen LogP contribution < -0.4 is 34.2 Å². The molecule has 0 spiro atoms. The summed E-state index contributed by atoms with van der Waals surface area (Å²) in [7, 11) is 0. The van der Waals surface area contributed by atoms with Crippen LogP contribution in [0.2, 0.25) is 0 Å². The number of Topliss-reactive ketones (excluding diaryl/α,β-unsaturated/α-hetero) is 2. The predicted octanol–water partition coefficient (Wildman–Crippen LogP) is 20.7. The highest BCUT2D eigenvalue weighted by molar-refractivity contribution is 6.66. The number of hydrogen-bond donors (Lipinski definition) is 6. The second kappa shape index (κ2) is 42.9. The van der Waals surface area contributed by atoms with E-state index in [1.54, 1.807) is 47.0 Å². The number of benzene rings is 10. The molecule has 10 aromatic carbocycles. The molecule has 7 N–H and O–H groups in total. The molecule has 13 aromatic rings. The van der Waals surface area contributed by atoms with E-state index in [4.69, 9.17) is 36.3 Å². The summed E-state index contributed by atoms with van der Waals surface area (Å²) in [5.74, 6) is -2.61. The number of halogens is 11. The number of alkyl halides is 7. The maximum absolute atomic E-state index is 16.0. The first kappa shape index (κ1) is 104. The number of nitrogen functional groups attached to an aromatic ring is 1. The fraction of sp³-hybridized carbons (Fsp3) is 0.367. The average Bonchev–Trinajstić information content (AvgIpc) is 1.58. The Kier molecular flexibility index (Phi) is 31.5. The van der Waals surface area contributed by atoms with E-state index in [1.807, 2.05) is 170 Å². The van der Waals surface area contributed by atoms with E-state index < -0.39 is 99.0 Å². The van der Waals surface area contributed by atoms with Crippen molar-refractivity contribution in [3.05, 3.63) is 315 Å². The molecule has 142 heavy (non-hydrogen) atoms. The van der Waals surface area contributed by atoms with Gasteiger partial charge in [0.05, 0.1) is 142 Å². The molecule has 0 saturated heterocycles. The van der Waals surface area contributed by atoms with Crippen molar-refractivity contribution >= 4 is 78.4 Å². The van der Waals surface area contributed by atoms with Gasteiger partial charge in [-0.2, -0.15) is 0 Å². The van der Waals surface area contributed by atoms with Crippen molar-refractivity contribution in [2.24, 2.45) is 0 Å². The Labute approximate surface area is 824 Å². The monoisotopic (exact) mass is 2000 g/mol. The lowest BCUT2D eigenvalue weighted by Crippen LogP contribution is -2.30. The van der Waals surface area contributed by atoms with Gasteiger partial charge in [0.1, 0.15) is 29.0 Å². The minimum absolute atomic E-state index is 0.00273. The lowest BCUT2D eigenvalue weighted by Gasteiger charge is -2.28. The standard InChI is InChI=1S/C41H40F3NO6.C29H33FN2O3.C27H28F3NO6.C11H7ClF2O3.CH3Cl/c1-39(2,26-49-24-28-11-7-4-8-12-28)37-18-30-17-29(19-38(47)40(15-16-40)31-13-14-35-36(20-31)51-41(43,44)50-35)33(42)21-34(30)45(37)22-32(46)25-48-23-27-9-5-3-6-10-27;1-29(2,20-35-18-22-11-7-4-8-12-22)28-14-23-13-26(31)25(30)15-27(23)32(28)16-24(33)19-34-17-21-9-5-3-6-10-21;1-25(2,14-33)23-8-16-7-15(19(28)11-20(16)31(23)12-18(34)13-32)9-24(35)26(5-6-26)17-3-4-21-22(10-17)37-27(29,30)36-21;12-9(15)10(3-4-10)6-1-2-7-8(5-6)17-11(13,14)16-7;1-2/h3-14,17-18,20-21,32,46H,15-16,19,22-26H2,1-2H3;3-15,24,33H,16-20,31H2,1-2H3;3-4,7-8,10-11,18,32-34H,5-6,9,12-14H2,1-2H3;1-2,5H,3-4H2;1H3/t32-;24-;18-;;/m111../s1. The van der Waals surface area contributed by atoms with Gasteiger partial charge in [-0.3, -0.25) is 14.4 Å². The van der Waals surface area contributed by atoms with E-state index in [1.165, 1.54) is 61.0 Å². The molecule has 33 heteroatoms. The predicted molar refractivity (Wildman–Crippen MR) is 516 cm³/mol. The van der Waals surface area contributed by atoms with Crippen molar-refractivity contribution in [1.82, 2.24) is 13.7 Å². The Bertz CT molecular complexity index is 6670. The first-order valence-corrected chi connectivity index (χ1v) is 47.5. The molecule has 0 radical (unpaired) electrons. The van der Waals surface area contributed by atoms with Crippen LogP contribution in [0.4, 0.5) is 45.2 Å². The van der Waals surface area contributed by atoms with Crippen LogP contribution in [-0.4, -0.2) is 139 Å². The lowest BCUT2D eigenvalue weighted by atomic mass is 9.87. The van der Waals surface area contributed by atoms with Crippen LogP contribution in [0.15, 0.2) is 231 Å². The van der Waals surface area contributed by atoms with Crippen LogP contribution in [0.5, 0.6) is 34.5 Å². The molecular weight excluding hydrogens is 1900 g/mol. The summed E-state index contributed by atoms with van der Waals surface area (Å²) in [6.07, 6.45) is -9.46. The van der Waals surface area contributed by atoms with Crippen LogP contribution in [0.25, 0.3) is 32.7 Å². The molecule has 0 amide bonds. The van der Waals surface area contributed by atoms with Crippen molar-refractivity contribution in [2.75, 3.05) is 51.8 Å². The number of ether oxygens (including phenoxy) is 10. The van der Waals surface area contributed by atoms with Gasteiger partial charge < -0.3 is 92.3 Å². The average molecular weight is 2010 g/mol. The van der Waals surface area contributed by atoms with E-state index in [0.29, 0.717) is 122 Å². The maximum atomic E-state index is 16.0. The molecule has 6 heterocycles. The summed E-state index contributed by atoms with van der Waals surface area (Å²) in [6, 6.07) is 67.2. The smallest absolute Gasteiger partial charge is 0.396 e. The Balaban J connectivity index is 0.000000149. The van der Waals surface area contributed by atoms with Crippen LogP contribution >= 0.6 is 23.2 Å².